The van der Waals surface area contributed by atoms with Crippen molar-refractivity contribution < 1.29 is 8.78 Å². The largest absolute Gasteiger partial charge is 0.204 e. The number of benzene rings is 1. The molecule has 1 atom stereocenters. The van der Waals surface area contributed by atoms with Crippen LogP contribution < -0.4 is 0 Å². The molecule has 0 nitrogen and oxygen atoms in total. The second-order valence-corrected chi connectivity index (χ2v) is 5.84. The van der Waals surface area contributed by atoms with Gasteiger partial charge < -0.3 is 0 Å². The first kappa shape index (κ1) is 13.0. The fraction of sp³-hybridized carbons (Fsp3) is 0.167. The summed E-state index contributed by atoms with van der Waals surface area (Å²) in [6.45, 7) is 1.91. The minimum atomic E-state index is -0.851. The van der Waals surface area contributed by atoms with Gasteiger partial charge in [0.25, 0.3) is 0 Å². The average molecular weight is 338 g/mol. The van der Waals surface area contributed by atoms with Gasteiger partial charge >= 0.3 is 0 Å². The Morgan fingerprint density at radius 2 is 2.00 bits per heavy atom. The third-order valence-electron chi connectivity index (χ3n) is 2.39. The summed E-state index contributed by atoms with van der Waals surface area (Å²) in [5, 5.41) is 2.60. The van der Waals surface area contributed by atoms with Crippen LogP contribution >= 0.6 is 38.9 Å². The first-order valence-corrected chi connectivity index (χ1v) is 7.00. The van der Waals surface area contributed by atoms with Gasteiger partial charge in [-0.15, -0.1) is 11.3 Å². The molecule has 1 aromatic carbocycles. The number of halogens is 4. The van der Waals surface area contributed by atoms with Gasteiger partial charge in [-0.3, -0.25) is 0 Å². The van der Waals surface area contributed by atoms with Gasteiger partial charge in [-0.2, -0.15) is 0 Å². The van der Waals surface area contributed by atoms with E-state index in [0.29, 0.717) is 10.6 Å². The van der Waals surface area contributed by atoms with E-state index in [4.69, 9.17) is 11.6 Å². The normalized spacial score (nSPS) is 12.8. The van der Waals surface area contributed by atoms with Crippen LogP contribution in [0.3, 0.4) is 0 Å². The molecule has 0 amide bonds. The van der Waals surface area contributed by atoms with Gasteiger partial charge in [0.15, 0.2) is 11.6 Å². The number of rotatable bonds is 2. The molecule has 0 aliphatic heterocycles. The molecule has 5 heteroatoms. The van der Waals surface area contributed by atoms with Crippen LogP contribution in [0.2, 0.25) is 5.02 Å². The Bertz CT molecular complexity index is 553. The predicted molar refractivity (Wildman–Crippen MR) is 71.2 cm³/mol. The first-order valence-electron chi connectivity index (χ1n) is 4.83. The van der Waals surface area contributed by atoms with Gasteiger partial charge in [0.2, 0.25) is 0 Å². The quantitative estimate of drug-likeness (QED) is 0.637. The predicted octanol–water partition coefficient (Wildman–Crippen LogP) is 5.47. The van der Waals surface area contributed by atoms with Crippen molar-refractivity contribution in [1.29, 1.82) is 0 Å². The van der Waals surface area contributed by atoms with Crippen LogP contribution in [-0.2, 0) is 0 Å². The number of hydrogen-bond acceptors (Lipinski definition) is 1. The van der Waals surface area contributed by atoms with Crippen LogP contribution in [0.5, 0.6) is 0 Å². The highest BCUT2D eigenvalue weighted by Gasteiger charge is 2.18. The minimum Gasteiger partial charge on any atom is -0.204 e. The van der Waals surface area contributed by atoms with Crippen molar-refractivity contribution in [3.8, 4) is 0 Å². The fourth-order valence-electron chi connectivity index (χ4n) is 1.44. The van der Waals surface area contributed by atoms with Crippen molar-refractivity contribution in [1.82, 2.24) is 0 Å². The summed E-state index contributed by atoms with van der Waals surface area (Å²) in [7, 11) is 0. The maximum atomic E-state index is 13.1. The maximum Gasteiger partial charge on any atom is 0.159 e. The van der Waals surface area contributed by atoms with Crippen molar-refractivity contribution >= 4 is 38.9 Å². The molecule has 0 aliphatic rings. The highest BCUT2D eigenvalue weighted by Crippen LogP contribution is 2.40. The molecule has 1 heterocycles. The molecule has 0 bridgehead atoms. The first-order chi connectivity index (χ1) is 8.00. The van der Waals surface area contributed by atoms with Gasteiger partial charge in [-0.25, -0.2) is 8.78 Å². The number of thiophene rings is 1. The third-order valence-corrected chi connectivity index (χ3v) is 5.46. The van der Waals surface area contributed by atoms with Crippen LogP contribution in [0.25, 0.3) is 0 Å². The minimum absolute atomic E-state index is 0.219. The lowest BCUT2D eigenvalue weighted by molar-refractivity contribution is 0.507. The van der Waals surface area contributed by atoms with Gasteiger partial charge in [-0.1, -0.05) is 33.6 Å². The van der Waals surface area contributed by atoms with Crippen molar-refractivity contribution in [2.24, 2.45) is 0 Å². The Balaban J connectivity index is 2.40. The molecule has 0 aliphatic carbocycles. The molecule has 0 spiro atoms. The van der Waals surface area contributed by atoms with Gasteiger partial charge in [0.1, 0.15) is 0 Å². The fourth-order valence-corrected chi connectivity index (χ4v) is 3.71. The second-order valence-electron chi connectivity index (χ2n) is 3.63. The molecule has 2 rings (SSSR count). The summed E-state index contributed by atoms with van der Waals surface area (Å²) in [6.07, 6.45) is 0. The Hall–Kier alpha value is -0.450. The number of alkyl halides is 1. The number of hydrogen-bond donors (Lipinski definition) is 0. The van der Waals surface area contributed by atoms with Gasteiger partial charge in [0.05, 0.1) is 9.85 Å². The van der Waals surface area contributed by atoms with Gasteiger partial charge in [-0.05, 0) is 35.6 Å². The lowest BCUT2D eigenvalue weighted by atomic mass is 10.1. The maximum absolute atomic E-state index is 13.1. The molecule has 90 valence electrons. The average Bonchev–Trinajstić information content (AvgIpc) is 2.63. The van der Waals surface area contributed by atoms with E-state index in [0.717, 1.165) is 16.5 Å². The monoisotopic (exact) mass is 336 g/mol. The Labute approximate surface area is 115 Å². The standard InChI is InChI=1S/C12H8BrClF2S/c1-6-5-17-12(11(6)14)10(13)7-2-3-8(15)9(16)4-7/h2-5,10H,1H3. The summed E-state index contributed by atoms with van der Waals surface area (Å²) in [4.78, 5) is 0.680. The SMILES string of the molecule is Cc1csc(C(Br)c2ccc(F)c(F)c2)c1Cl. The summed E-state index contributed by atoms with van der Waals surface area (Å²) in [6, 6.07) is 3.84. The van der Waals surface area contributed by atoms with Crippen LogP contribution in [-0.4, -0.2) is 0 Å². The van der Waals surface area contributed by atoms with Crippen molar-refractivity contribution in [2.75, 3.05) is 0 Å². The molecule has 1 aromatic heterocycles. The van der Waals surface area contributed by atoms with E-state index in [1.54, 1.807) is 6.07 Å². The molecular formula is C12H8BrClF2S. The summed E-state index contributed by atoms with van der Waals surface area (Å²) in [5.41, 5.74) is 1.63. The zero-order valence-corrected chi connectivity index (χ0v) is 12.0. The highest BCUT2D eigenvalue weighted by atomic mass is 79.9. The van der Waals surface area contributed by atoms with E-state index in [-0.39, 0.29) is 4.83 Å². The molecule has 1 unspecified atom stereocenters. The Kier molecular flexibility index (Phi) is 3.85. The molecule has 0 N–H and O–H groups in total. The van der Waals surface area contributed by atoms with E-state index in [1.165, 1.54) is 17.4 Å². The van der Waals surface area contributed by atoms with E-state index >= 15 is 0 Å². The van der Waals surface area contributed by atoms with Gasteiger partial charge in [0, 0.05) is 4.88 Å². The lowest BCUT2D eigenvalue weighted by Crippen LogP contribution is -1.93. The van der Waals surface area contributed by atoms with E-state index in [1.807, 2.05) is 12.3 Å². The zero-order valence-electron chi connectivity index (χ0n) is 8.81. The molecule has 0 saturated heterocycles. The molecule has 0 radical (unpaired) electrons. The smallest absolute Gasteiger partial charge is 0.159 e. The number of aryl methyl sites for hydroxylation is 1. The molecular weight excluding hydrogens is 330 g/mol. The van der Waals surface area contributed by atoms with Crippen molar-refractivity contribution in [3.05, 3.63) is 56.2 Å². The second kappa shape index (κ2) is 5.04. The van der Waals surface area contributed by atoms with Crippen LogP contribution in [0.1, 0.15) is 20.8 Å². The topological polar surface area (TPSA) is 0 Å². The van der Waals surface area contributed by atoms with Crippen molar-refractivity contribution in [2.45, 2.75) is 11.8 Å². The van der Waals surface area contributed by atoms with E-state index < -0.39 is 11.6 Å². The van der Waals surface area contributed by atoms with Crippen LogP contribution in [0.15, 0.2) is 23.6 Å². The zero-order chi connectivity index (χ0) is 12.6. The van der Waals surface area contributed by atoms with E-state index in [9.17, 15) is 8.78 Å². The van der Waals surface area contributed by atoms with Crippen LogP contribution in [0.4, 0.5) is 8.78 Å². The molecule has 0 fully saturated rings. The highest BCUT2D eigenvalue weighted by molar-refractivity contribution is 9.09. The molecule has 2 aromatic rings. The van der Waals surface area contributed by atoms with E-state index in [2.05, 4.69) is 15.9 Å². The summed E-state index contributed by atoms with van der Waals surface area (Å²) < 4.78 is 26.0. The Morgan fingerprint density at radius 3 is 2.53 bits per heavy atom. The summed E-state index contributed by atoms with van der Waals surface area (Å²) in [5.74, 6) is -1.70. The Morgan fingerprint density at radius 1 is 1.29 bits per heavy atom. The van der Waals surface area contributed by atoms with Crippen molar-refractivity contribution in [3.63, 3.8) is 0 Å². The van der Waals surface area contributed by atoms with Crippen LogP contribution in [0, 0.1) is 18.6 Å². The lowest BCUT2D eigenvalue weighted by Gasteiger charge is -2.09. The molecule has 0 saturated carbocycles. The molecule has 17 heavy (non-hydrogen) atoms. The summed E-state index contributed by atoms with van der Waals surface area (Å²) >= 11 is 11.1. The third kappa shape index (κ3) is 2.54.